The smallest absolute Gasteiger partial charge is 0.229 e. The van der Waals surface area contributed by atoms with Gasteiger partial charge in [0.05, 0.1) is 21.6 Å². The van der Waals surface area contributed by atoms with Crippen LogP contribution in [0, 0.1) is 0 Å². The molecule has 2 aromatic heterocycles. The summed E-state index contributed by atoms with van der Waals surface area (Å²) in [4.78, 5) is 12.7. The number of Topliss-reactive ketones (excluding diaryl/α,β-unsaturated/α-hetero) is 1. The SMILES string of the molecule is C[C@@H](Sc1nnc2c(Cl)cc(Cl)cn12)C(=O)c1ccc(NS(C)(=O)=O)cc1. The van der Waals surface area contributed by atoms with Gasteiger partial charge in [-0.2, -0.15) is 0 Å². The van der Waals surface area contributed by atoms with Gasteiger partial charge in [0.25, 0.3) is 0 Å². The van der Waals surface area contributed by atoms with Crippen LogP contribution in [-0.4, -0.2) is 40.3 Å². The average Bonchev–Trinajstić information content (AvgIpc) is 2.96. The number of carbonyl (C=O) groups is 1. The second kappa shape index (κ2) is 7.67. The molecule has 27 heavy (non-hydrogen) atoms. The summed E-state index contributed by atoms with van der Waals surface area (Å²) in [7, 11) is -3.37. The van der Waals surface area contributed by atoms with Crippen molar-refractivity contribution in [2.75, 3.05) is 11.0 Å². The van der Waals surface area contributed by atoms with Crippen molar-refractivity contribution in [1.29, 1.82) is 0 Å². The lowest BCUT2D eigenvalue weighted by atomic mass is 10.1. The van der Waals surface area contributed by atoms with E-state index in [2.05, 4.69) is 14.9 Å². The molecule has 0 saturated carbocycles. The molecule has 0 spiro atoms. The topological polar surface area (TPSA) is 93.4 Å². The zero-order valence-corrected chi connectivity index (χ0v) is 17.3. The summed E-state index contributed by atoms with van der Waals surface area (Å²) in [6.07, 6.45) is 2.69. The molecule has 7 nitrogen and oxygen atoms in total. The van der Waals surface area contributed by atoms with Crippen molar-refractivity contribution in [3.8, 4) is 0 Å². The highest BCUT2D eigenvalue weighted by Crippen LogP contribution is 2.29. The van der Waals surface area contributed by atoms with Crippen LogP contribution < -0.4 is 4.72 Å². The van der Waals surface area contributed by atoms with Crippen molar-refractivity contribution in [3.05, 3.63) is 52.1 Å². The highest BCUT2D eigenvalue weighted by molar-refractivity contribution is 8.00. The number of hydrogen-bond donors (Lipinski definition) is 1. The molecule has 3 rings (SSSR count). The summed E-state index contributed by atoms with van der Waals surface area (Å²) < 4.78 is 26.5. The Morgan fingerprint density at radius 2 is 1.89 bits per heavy atom. The largest absolute Gasteiger partial charge is 0.293 e. The van der Waals surface area contributed by atoms with Crippen molar-refractivity contribution in [2.45, 2.75) is 17.3 Å². The maximum absolute atomic E-state index is 12.7. The second-order valence-corrected chi connectivity index (χ2v) is 9.66. The maximum Gasteiger partial charge on any atom is 0.229 e. The zero-order valence-electron chi connectivity index (χ0n) is 14.2. The number of nitrogens with zero attached hydrogens (tertiary/aromatic N) is 3. The molecule has 0 aliphatic rings. The Bertz CT molecular complexity index is 1110. The fourth-order valence-corrected chi connectivity index (χ4v) is 4.32. The van der Waals surface area contributed by atoms with E-state index in [4.69, 9.17) is 23.2 Å². The van der Waals surface area contributed by atoms with E-state index in [1.54, 1.807) is 35.7 Å². The van der Waals surface area contributed by atoms with E-state index in [0.29, 0.717) is 32.1 Å². The monoisotopic (exact) mass is 444 g/mol. The fraction of sp³-hybridized carbons (Fsp3) is 0.188. The highest BCUT2D eigenvalue weighted by atomic mass is 35.5. The van der Waals surface area contributed by atoms with Crippen molar-refractivity contribution >= 4 is 62.1 Å². The molecule has 0 fully saturated rings. The number of anilines is 1. The Morgan fingerprint density at radius 3 is 2.52 bits per heavy atom. The molecule has 0 bridgehead atoms. The Kier molecular flexibility index (Phi) is 5.66. The van der Waals surface area contributed by atoms with Crippen LogP contribution in [0.5, 0.6) is 0 Å². The number of hydrogen-bond acceptors (Lipinski definition) is 6. The molecular weight excluding hydrogens is 431 g/mol. The molecule has 3 aromatic rings. The van der Waals surface area contributed by atoms with Gasteiger partial charge in [0.2, 0.25) is 10.0 Å². The third-order valence-corrected chi connectivity index (χ3v) is 5.67. The van der Waals surface area contributed by atoms with Crippen LogP contribution in [0.4, 0.5) is 5.69 Å². The quantitative estimate of drug-likeness (QED) is 0.459. The van der Waals surface area contributed by atoms with E-state index < -0.39 is 15.3 Å². The van der Waals surface area contributed by atoms with Gasteiger partial charge >= 0.3 is 0 Å². The normalized spacial score (nSPS) is 12.9. The summed E-state index contributed by atoms with van der Waals surface area (Å²) in [6, 6.07) is 7.79. The second-order valence-electron chi connectivity index (χ2n) is 5.76. The Morgan fingerprint density at radius 1 is 1.22 bits per heavy atom. The lowest BCUT2D eigenvalue weighted by Crippen LogP contribution is -2.14. The van der Waals surface area contributed by atoms with Crippen LogP contribution in [0.2, 0.25) is 10.0 Å². The van der Waals surface area contributed by atoms with Gasteiger partial charge in [-0.05, 0) is 37.3 Å². The fourth-order valence-electron chi connectivity index (χ4n) is 2.35. The van der Waals surface area contributed by atoms with Gasteiger partial charge in [0.1, 0.15) is 0 Å². The number of halogens is 2. The standard InChI is InChI=1S/C16H14Cl2N4O3S2/c1-9(14(23)10-3-5-12(6-4-10)21-27(2,24)25)26-16-20-19-15-13(18)7-11(17)8-22(15)16/h3-9,21H,1-2H3/t9-/m1/s1. The van der Waals surface area contributed by atoms with Crippen molar-refractivity contribution < 1.29 is 13.2 Å². The Labute approximate surface area is 170 Å². The molecule has 0 saturated heterocycles. The van der Waals surface area contributed by atoms with E-state index in [1.165, 1.54) is 23.9 Å². The zero-order chi connectivity index (χ0) is 19.8. The molecule has 2 heterocycles. The molecular formula is C16H14Cl2N4O3S2. The number of sulfonamides is 1. The molecule has 1 N–H and O–H groups in total. The number of nitrogens with one attached hydrogen (secondary N) is 1. The molecule has 0 aliphatic heterocycles. The first kappa shape index (κ1) is 19.9. The first-order chi connectivity index (χ1) is 12.6. The molecule has 0 aliphatic carbocycles. The summed E-state index contributed by atoms with van der Waals surface area (Å²) in [5.74, 6) is -0.129. The maximum atomic E-state index is 12.7. The van der Waals surface area contributed by atoms with Gasteiger partial charge in [-0.1, -0.05) is 35.0 Å². The van der Waals surface area contributed by atoms with Crippen LogP contribution >= 0.6 is 35.0 Å². The van der Waals surface area contributed by atoms with E-state index in [1.807, 2.05) is 0 Å². The number of thioether (sulfide) groups is 1. The average molecular weight is 445 g/mol. The first-order valence-electron chi connectivity index (χ1n) is 7.62. The van der Waals surface area contributed by atoms with Crippen molar-refractivity contribution in [3.63, 3.8) is 0 Å². The van der Waals surface area contributed by atoms with Crippen molar-refractivity contribution in [1.82, 2.24) is 14.6 Å². The van der Waals surface area contributed by atoms with Crippen LogP contribution in [0.25, 0.3) is 5.65 Å². The minimum Gasteiger partial charge on any atom is -0.293 e. The van der Waals surface area contributed by atoms with E-state index in [9.17, 15) is 13.2 Å². The predicted molar refractivity (Wildman–Crippen MR) is 108 cm³/mol. The number of aromatic nitrogens is 3. The van der Waals surface area contributed by atoms with E-state index in [-0.39, 0.29) is 5.78 Å². The van der Waals surface area contributed by atoms with Gasteiger partial charge in [-0.25, -0.2) is 8.42 Å². The minimum atomic E-state index is -3.37. The number of benzene rings is 1. The van der Waals surface area contributed by atoms with Crippen LogP contribution in [-0.2, 0) is 10.0 Å². The first-order valence-corrected chi connectivity index (χ1v) is 11.2. The van der Waals surface area contributed by atoms with Crippen LogP contribution in [0.1, 0.15) is 17.3 Å². The highest BCUT2D eigenvalue weighted by Gasteiger charge is 2.20. The molecule has 0 amide bonds. The Balaban J connectivity index is 1.78. The molecule has 142 valence electrons. The summed E-state index contributed by atoms with van der Waals surface area (Å²) in [6.45, 7) is 1.75. The molecule has 11 heteroatoms. The predicted octanol–water partition coefficient (Wildman–Crippen LogP) is 3.77. The third kappa shape index (κ3) is 4.73. The molecule has 0 unspecified atom stereocenters. The van der Waals surface area contributed by atoms with Crippen molar-refractivity contribution in [2.24, 2.45) is 0 Å². The Hall–Kier alpha value is -1.81. The third-order valence-electron chi connectivity index (χ3n) is 3.52. The number of pyridine rings is 1. The van der Waals surface area contributed by atoms with Gasteiger partial charge in [-0.15, -0.1) is 10.2 Å². The number of carbonyl (C=O) groups excluding carboxylic acids is 1. The minimum absolute atomic E-state index is 0.129. The lowest BCUT2D eigenvalue weighted by molar-refractivity contribution is 0.0994. The van der Waals surface area contributed by atoms with Gasteiger partial charge in [-0.3, -0.25) is 13.9 Å². The molecule has 1 atom stereocenters. The summed E-state index contributed by atoms with van der Waals surface area (Å²) in [5, 5.41) is 8.93. The van der Waals surface area contributed by atoms with Gasteiger partial charge in [0, 0.05) is 17.4 Å². The van der Waals surface area contributed by atoms with Crippen LogP contribution in [0.15, 0.2) is 41.7 Å². The van der Waals surface area contributed by atoms with Gasteiger partial charge in [0.15, 0.2) is 16.6 Å². The number of ketones is 1. The molecule has 1 aromatic carbocycles. The molecule has 0 radical (unpaired) electrons. The summed E-state index contributed by atoms with van der Waals surface area (Å²) in [5.41, 5.74) is 1.31. The van der Waals surface area contributed by atoms with Crippen LogP contribution in [0.3, 0.4) is 0 Å². The van der Waals surface area contributed by atoms with E-state index in [0.717, 1.165) is 6.26 Å². The van der Waals surface area contributed by atoms with Gasteiger partial charge < -0.3 is 0 Å². The number of rotatable bonds is 6. The number of fused-ring (bicyclic) bond motifs is 1. The lowest BCUT2D eigenvalue weighted by Gasteiger charge is -2.10. The summed E-state index contributed by atoms with van der Waals surface area (Å²) >= 11 is 13.3. The van der Waals surface area contributed by atoms with E-state index >= 15 is 0 Å².